The second kappa shape index (κ2) is 12.1. The molecule has 0 spiro atoms. The molecule has 1 fully saturated rings. The van der Waals surface area contributed by atoms with E-state index in [0.717, 1.165) is 70.7 Å². The molecule has 0 bridgehead atoms. The van der Waals surface area contributed by atoms with E-state index in [1.807, 2.05) is 0 Å². The zero-order valence-electron chi connectivity index (χ0n) is 19.4. The standard InChI is InChI=1S/C24H39N5O2/c1-28(2)23(30)18-25-24(26-21-11-14-29(15-12-21)13-6-16-31-3)27-22-10-9-19-7-4-5-8-20(19)17-22/h4-5,7-8,21-22H,6,9-18H2,1-3H3,(H2,25,26,27). The second-order valence-electron chi connectivity index (χ2n) is 8.91. The number of ether oxygens (including phenoxy) is 1. The van der Waals surface area contributed by atoms with Gasteiger partial charge in [0.1, 0.15) is 6.54 Å². The predicted molar refractivity (Wildman–Crippen MR) is 125 cm³/mol. The SMILES string of the molecule is COCCCN1CCC(NC(=NCC(=O)N(C)C)NC2CCc3ccccc3C2)CC1. The summed E-state index contributed by atoms with van der Waals surface area (Å²) in [5.41, 5.74) is 2.87. The number of hydrogen-bond donors (Lipinski definition) is 2. The molecule has 1 aromatic rings. The Morgan fingerprint density at radius 3 is 2.55 bits per heavy atom. The average molecular weight is 430 g/mol. The number of likely N-dealkylation sites (N-methyl/N-ethyl adjacent to an activating group) is 1. The molecule has 1 saturated heterocycles. The van der Waals surface area contributed by atoms with E-state index in [1.54, 1.807) is 26.1 Å². The summed E-state index contributed by atoms with van der Waals surface area (Å²) in [6.07, 6.45) is 6.41. The highest BCUT2D eigenvalue weighted by Crippen LogP contribution is 2.21. The normalized spacial score (nSPS) is 20.2. The molecule has 31 heavy (non-hydrogen) atoms. The van der Waals surface area contributed by atoms with Gasteiger partial charge in [0.05, 0.1) is 0 Å². The van der Waals surface area contributed by atoms with Gasteiger partial charge in [-0.15, -0.1) is 0 Å². The number of carbonyl (C=O) groups is 1. The second-order valence-corrected chi connectivity index (χ2v) is 8.91. The maximum absolute atomic E-state index is 12.1. The number of nitrogens with zero attached hydrogens (tertiary/aromatic N) is 3. The number of aryl methyl sites for hydroxylation is 1. The summed E-state index contributed by atoms with van der Waals surface area (Å²) in [5.74, 6) is 0.792. The van der Waals surface area contributed by atoms with E-state index >= 15 is 0 Å². The van der Waals surface area contributed by atoms with E-state index in [4.69, 9.17) is 4.74 Å². The van der Waals surface area contributed by atoms with Gasteiger partial charge in [-0.3, -0.25) is 4.79 Å². The molecule has 172 valence electrons. The van der Waals surface area contributed by atoms with Crippen LogP contribution in [0.3, 0.4) is 0 Å². The molecule has 0 aromatic heterocycles. The van der Waals surface area contributed by atoms with Gasteiger partial charge < -0.3 is 25.2 Å². The number of benzene rings is 1. The van der Waals surface area contributed by atoms with Gasteiger partial charge in [0.25, 0.3) is 0 Å². The maximum Gasteiger partial charge on any atom is 0.243 e. The van der Waals surface area contributed by atoms with Gasteiger partial charge in [-0.1, -0.05) is 24.3 Å². The Hall–Kier alpha value is -2.12. The maximum atomic E-state index is 12.1. The van der Waals surface area contributed by atoms with Crippen LogP contribution in [-0.2, 0) is 22.4 Å². The third-order valence-electron chi connectivity index (χ3n) is 6.31. The fourth-order valence-electron chi connectivity index (χ4n) is 4.36. The van der Waals surface area contributed by atoms with Crippen LogP contribution in [0.4, 0.5) is 0 Å². The van der Waals surface area contributed by atoms with Gasteiger partial charge in [0, 0.05) is 59.5 Å². The van der Waals surface area contributed by atoms with Crippen LogP contribution in [0.5, 0.6) is 0 Å². The van der Waals surface area contributed by atoms with Gasteiger partial charge >= 0.3 is 0 Å². The van der Waals surface area contributed by atoms with Gasteiger partial charge in [-0.05, 0) is 49.7 Å². The summed E-state index contributed by atoms with van der Waals surface area (Å²) in [7, 11) is 5.31. The predicted octanol–water partition coefficient (Wildman–Crippen LogP) is 1.67. The van der Waals surface area contributed by atoms with E-state index in [9.17, 15) is 4.79 Å². The number of likely N-dealkylation sites (tertiary alicyclic amines) is 1. The first-order valence-electron chi connectivity index (χ1n) is 11.6. The van der Waals surface area contributed by atoms with E-state index in [1.165, 1.54) is 11.1 Å². The summed E-state index contributed by atoms with van der Waals surface area (Å²) in [6, 6.07) is 9.41. The van der Waals surface area contributed by atoms with Crippen LogP contribution in [0.1, 0.15) is 36.8 Å². The molecule has 1 atom stereocenters. The van der Waals surface area contributed by atoms with Crippen LogP contribution in [0, 0.1) is 0 Å². The Balaban J connectivity index is 1.56. The molecule has 1 unspecified atom stereocenters. The number of carbonyl (C=O) groups excluding carboxylic acids is 1. The van der Waals surface area contributed by atoms with Crippen molar-refractivity contribution in [1.29, 1.82) is 0 Å². The minimum Gasteiger partial charge on any atom is -0.385 e. The van der Waals surface area contributed by atoms with E-state index in [-0.39, 0.29) is 12.5 Å². The van der Waals surface area contributed by atoms with Gasteiger partial charge in [-0.25, -0.2) is 4.99 Å². The summed E-state index contributed by atoms with van der Waals surface area (Å²) in [5, 5.41) is 7.26. The van der Waals surface area contributed by atoms with Crippen LogP contribution in [-0.4, -0.2) is 87.7 Å². The van der Waals surface area contributed by atoms with Crippen molar-refractivity contribution in [3.63, 3.8) is 0 Å². The molecule has 1 amide bonds. The van der Waals surface area contributed by atoms with Crippen molar-refractivity contribution in [3.05, 3.63) is 35.4 Å². The van der Waals surface area contributed by atoms with Gasteiger partial charge in [-0.2, -0.15) is 0 Å². The number of nitrogens with one attached hydrogen (secondary N) is 2. The number of rotatable bonds is 8. The quantitative estimate of drug-likeness (QED) is 0.374. The molecule has 3 rings (SSSR count). The summed E-state index contributed by atoms with van der Waals surface area (Å²) < 4.78 is 5.17. The average Bonchev–Trinajstić information content (AvgIpc) is 2.78. The van der Waals surface area contributed by atoms with Crippen molar-refractivity contribution < 1.29 is 9.53 Å². The number of methoxy groups -OCH3 is 1. The Labute approximate surface area is 187 Å². The smallest absolute Gasteiger partial charge is 0.243 e. The first-order valence-corrected chi connectivity index (χ1v) is 11.6. The molecule has 2 aliphatic rings. The Kier molecular flexibility index (Phi) is 9.15. The summed E-state index contributed by atoms with van der Waals surface area (Å²) >= 11 is 0. The molecule has 0 saturated carbocycles. The van der Waals surface area contributed by atoms with Crippen molar-refractivity contribution in [1.82, 2.24) is 20.4 Å². The van der Waals surface area contributed by atoms with Crippen LogP contribution in [0.25, 0.3) is 0 Å². The van der Waals surface area contributed by atoms with Crippen LogP contribution >= 0.6 is 0 Å². The van der Waals surface area contributed by atoms with Crippen LogP contribution in [0.15, 0.2) is 29.3 Å². The Morgan fingerprint density at radius 2 is 1.84 bits per heavy atom. The molecule has 0 radical (unpaired) electrons. The first-order chi connectivity index (χ1) is 15.0. The molecule has 1 aliphatic heterocycles. The molecule has 1 aromatic carbocycles. The Bertz CT molecular complexity index is 728. The van der Waals surface area contributed by atoms with Gasteiger partial charge in [0.15, 0.2) is 5.96 Å². The minimum atomic E-state index is 0.0167. The van der Waals surface area contributed by atoms with E-state index in [0.29, 0.717) is 12.1 Å². The minimum absolute atomic E-state index is 0.0167. The lowest BCUT2D eigenvalue weighted by Gasteiger charge is -2.34. The first kappa shape index (κ1) is 23.5. The van der Waals surface area contributed by atoms with E-state index < -0.39 is 0 Å². The lowest BCUT2D eigenvalue weighted by atomic mass is 9.88. The molecule has 7 heteroatoms. The lowest BCUT2D eigenvalue weighted by Crippen LogP contribution is -2.52. The molecular weight excluding hydrogens is 390 g/mol. The highest BCUT2D eigenvalue weighted by molar-refractivity contribution is 5.85. The van der Waals surface area contributed by atoms with E-state index in [2.05, 4.69) is 44.8 Å². The van der Waals surface area contributed by atoms with Crippen molar-refractivity contribution in [2.45, 2.75) is 50.6 Å². The molecule has 1 heterocycles. The molecule has 7 nitrogen and oxygen atoms in total. The van der Waals surface area contributed by atoms with Crippen molar-refractivity contribution >= 4 is 11.9 Å². The van der Waals surface area contributed by atoms with Crippen molar-refractivity contribution in [3.8, 4) is 0 Å². The molecule has 2 N–H and O–H groups in total. The highest BCUT2D eigenvalue weighted by atomic mass is 16.5. The van der Waals surface area contributed by atoms with Crippen LogP contribution in [0.2, 0.25) is 0 Å². The molecule has 1 aliphatic carbocycles. The fourth-order valence-corrected chi connectivity index (χ4v) is 4.36. The van der Waals surface area contributed by atoms with Crippen molar-refractivity contribution in [2.75, 3.05) is 54.0 Å². The number of piperidine rings is 1. The third kappa shape index (κ3) is 7.51. The third-order valence-corrected chi connectivity index (χ3v) is 6.31. The number of hydrogen-bond acceptors (Lipinski definition) is 4. The number of fused-ring (bicyclic) bond motifs is 1. The van der Waals surface area contributed by atoms with Crippen LogP contribution < -0.4 is 10.6 Å². The molecular formula is C24H39N5O2. The number of guanidine groups is 1. The largest absolute Gasteiger partial charge is 0.385 e. The monoisotopic (exact) mass is 429 g/mol. The fraction of sp³-hybridized carbons (Fsp3) is 0.667. The Morgan fingerprint density at radius 1 is 1.13 bits per heavy atom. The number of amides is 1. The zero-order chi connectivity index (χ0) is 22.1. The lowest BCUT2D eigenvalue weighted by molar-refractivity contribution is -0.127. The topological polar surface area (TPSA) is 69.2 Å². The summed E-state index contributed by atoms with van der Waals surface area (Å²) in [4.78, 5) is 20.9. The summed E-state index contributed by atoms with van der Waals surface area (Å²) in [6.45, 7) is 4.26. The highest BCUT2D eigenvalue weighted by Gasteiger charge is 2.23. The van der Waals surface area contributed by atoms with Gasteiger partial charge in [0.2, 0.25) is 5.91 Å². The zero-order valence-corrected chi connectivity index (χ0v) is 19.4. The van der Waals surface area contributed by atoms with Crippen molar-refractivity contribution in [2.24, 2.45) is 4.99 Å². The number of aliphatic imine (C=N–C) groups is 1.